The van der Waals surface area contributed by atoms with Crippen LogP contribution in [0, 0.1) is 0 Å². The van der Waals surface area contributed by atoms with Gasteiger partial charge in [0.25, 0.3) is 5.56 Å². The van der Waals surface area contributed by atoms with Gasteiger partial charge in [-0.05, 0) is 43.4 Å². The highest BCUT2D eigenvalue weighted by molar-refractivity contribution is 7.98. The second-order valence-electron chi connectivity index (χ2n) is 5.77. The molecule has 2 aromatic heterocycles. The molecule has 8 heteroatoms. The summed E-state index contributed by atoms with van der Waals surface area (Å²) in [5.41, 5.74) is 2.93. The highest BCUT2D eigenvalue weighted by atomic mass is 35.5. The van der Waals surface area contributed by atoms with E-state index in [0.717, 1.165) is 47.7 Å². The zero-order chi connectivity index (χ0) is 16.7. The predicted octanol–water partition coefficient (Wildman–Crippen LogP) is 3.90. The number of thioether (sulfide) groups is 1. The molecule has 0 spiro atoms. The largest absolute Gasteiger partial charge is 0.290 e. The number of rotatable bonds is 3. The van der Waals surface area contributed by atoms with Crippen LogP contribution in [0.2, 0.25) is 10.0 Å². The molecule has 5 nitrogen and oxygen atoms in total. The van der Waals surface area contributed by atoms with Gasteiger partial charge in [0, 0.05) is 17.0 Å². The number of hydrogen-bond acceptors (Lipinski definition) is 4. The fourth-order valence-electron chi connectivity index (χ4n) is 3.02. The van der Waals surface area contributed by atoms with Crippen molar-refractivity contribution in [3.63, 3.8) is 0 Å². The monoisotopic (exact) mass is 380 g/mol. The van der Waals surface area contributed by atoms with E-state index in [1.54, 1.807) is 17.8 Å². The van der Waals surface area contributed by atoms with Crippen molar-refractivity contribution >= 4 is 40.7 Å². The first-order valence-electron chi connectivity index (χ1n) is 7.69. The molecule has 4 rings (SSSR count). The van der Waals surface area contributed by atoms with Crippen molar-refractivity contribution < 1.29 is 0 Å². The van der Waals surface area contributed by atoms with Crippen molar-refractivity contribution in [2.24, 2.45) is 0 Å². The summed E-state index contributed by atoms with van der Waals surface area (Å²) >= 11 is 13.6. The van der Waals surface area contributed by atoms with Crippen LogP contribution >= 0.6 is 35.0 Å². The summed E-state index contributed by atoms with van der Waals surface area (Å²) in [4.78, 5) is 15.0. The maximum atomic E-state index is 12.2. The predicted molar refractivity (Wildman–Crippen MR) is 96.3 cm³/mol. The summed E-state index contributed by atoms with van der Waals surface area (Å²) in [6.07, 6.45) is 3.83. The van der Waals surface area contributed by atoms with Crippen LogP contribution in [0.4, 0.5) is 0 Å². The van der Waals surface area contributed by atoms with E-state index in [-0.39, 0.29) is 5.56 Å². The molecular weight excluding hydrogens is 367 g/mol. The number of aryl methyl sites for hydroxylation is 1. The molecule has 0 saturated heterocycles. The van der Waals surface area contributed by atoms with Crippen LogP contribution in [-0.2, 0) is 18.6 Å². The third-order valence-corrected chi connectivity index (χ3v) is 5.93. The van der Waals surface area contributed by atoms with Crippen molar-refractivity contribution in [3.05, 3.63) is 55.4 Å². The minimum absolute atomic E-state index is 0.0365. The summed E-state index contributed by atoms with van der Waals surface area (Å²) in [5.74, 6) is 1.21. The number of nitrogens with zero attached hydrogens (tertiary/aromatic N) is 3. The van der Waals surface area contributed by atoms with Gasteiger partial charge in [0.15, 0.2) is 5.16 Å². The standard InChI is InChI=1S/C16H14Cl2N4OS/c17-11-6-5-9(7-12(11)18)8-24-16-21-20-15-19-14(23)10-3-1-2-4-13(10)22(15)16/h5-7H,1-4,8H2,(H,19,20,23). The van der Waals surface area contributed by atoms with E-state index in [2.05, 4.69) is 15.2 Å². The summed E-state index contributed by atoms with van der Waals surface area (Å²) in [6, 6.07) is 5.60. The Balaban J connectivity index is 1.69. The van der Waals surface area contributed by atoms with Crippen molar-refractivity contribution in [2.75, 3.05) is 0 Å². The number of aromatic nitrogens is 4. The van der Waals surface area contributed by atoms with Crippen LogP contribution in [-0.4, -0.2) is 19.6 Å². The van der Waals surface area contributed by atoms with Gasteiger partial charge in [-0.1, -0.05) is 41.0 Å². The molecule has 0 radical (unpaired) electrons. The second kappa shape index (κ2) is 6.43. The lowest BCUT2D eigenvalue weighted by Crippen LogP contribution is -2.22. The number of nitrogens with one attached hydrogen (secondary N) is 1. The van der Waals surface area contributed by atoms with Gasteiger partial charge in [-0.25, -0.2) is 0 Å². The number of aromatic amines is 1. The lowest BCUT2D eigenvalue weighted by molar-refractivity contribution is 0.639. The van der Waals surface area contributed by atoms with Gasteiger partial charge in [0.2, 0.25) is 5.78 Å². The van der Waals surface area contributed by atoms with E-state index in [0.29, 0.717) is 21.6 Å². The molecule has 0 fully saturated rings. The van der Waals surface area contributed by atoms with Gasteiger partial charge in [0.1, 0.15) is 0 Å². The molecule has 1 N–H and O–H groups in total. The lowest BCUT2D eigenvalue weighted by Gasteiger charge is -2.16. The van der Waals surface area contributed by atoms with E-state index in [9.17, 15) is 4.79 Å². The molecule has 24 heavy (non-hydrogen) atoms. The quantitative estimate of drug-likeness (QED) is 0.699. The maximum absolute atomic E-state index is 12.2. The van der Waals surface area contributed by atoms with Crippen molar-refractivity contribution in [3.8, 4) is 0 Å². The van der Waals surface area contributed by atoms with Crippen LogP contribution in [0.15, 0.2) is 28.2 Å². The Bertz CT molecular complexity index is 982. The van der Waals surface area contributed by atoms with Gasteiger partial charge in [-0.2, -0.15) is 0 Å². The normalized spacial score (nSPS) is 14.1. The molecule has 1 aliphatic carbocycles. The van der Waals surface area contributed by atoms with Crippen LogP contribution in [0.1, 0.15) is 29.7 Å². The summed E-state index contributed by atoms with van der Waals surface area (Å²) in [7, 11) is 0. The summed E-state index contributed by atoms with van der Waals surface area (Å²) in [5, 5.41) is 10.2. The highest BCUT2D eigenvalue weighted by Gasteiger charge is 2.20. The Morgan fingerprint density at radius 1 is 1.17 bits per heavy atom. The second-order valence-corrected chi connectivity index (χ2v) is 7.52. The molecule has 2 heterocycles. The van der Waals surface area contributed by atoms with Crippen molar-refractivity contribution in [1.82, 2.24) is 19.6 Å². The van der Waals surface area contributed by atoms with E-state index in [1.807, 2.05) is 16.5 Å². The average Bonchev–Trinajstić information content (AvgIpc) is 2.99. The zero-order valence-electron chi connectivity index (χ0n) is 12.7. The molecule has 0 aliphatic heterocycles. The number of halogens is 2. The topological polar surface area (TPSA) is 63.0 Å². The zero-order valence-corrected chi connectivity index (χ0v) is 15.0. The van der Waals surface area contributed by atoms with E-state index in [4.69, 9.17) is 23.2 Å². The summed E-state index contributed by atoms with van der Waals surface area (Å²) < 4.78 is 1.98. The molecule has 0 atom stereocenters. The number of H-pyrrole nitrogens is 1. The van der Waals surface area contributed by atoms with Gasteiger partial charge in [0.05, 0.1) is 10.0 Å². The molecule has 0 saturated carbocycles. The third-order valence-electron chi connectivity index (χ3n) is 4.19. The third kappa shape index (κ3) is 2.83. The number of hydrogen-bond donors (Lipinski definition) is 1. The van der Waals surface area contributed by atoms with Crippen LogP contribution < -0.4 is 5.56 Å². The Morgan fingerprint density at radius 2 is 2.00 bits per heavy atom. The first-order chi connectivity index (χ1) is 11.6. The van der Waals surface area contributed by atoms with Crippen LogP contribution in [0.25, 0.3) is 5.78 Å². The van der Waals surface area contributed by atoms with E-state index >= 15 is 0 Å². The van der Waals surface area contributed by atoms with Crippen LogP contribution in [0.3, 0.4) is 0 Å². The fourth-order valence-corrected chi connectivity index (χ4v) is 4.24. The van der Waals surface area contributed by atoms with Crippen molar-refractivity contribution in [1.29, 1.82) is 0 Å². The molecule has 3 aromatic rings. The Morgan fingerprint density at radius 3 is 2.83 bits per heavy atom. The highest BCUT2D eigenvalue weighted by Crippen LogP contribution is 2.28. The number of benzene rings is 1. The van der Waals surface area contributed by atoms with Gasteiger partial charge in [-0.15, -0.1) is 10.2 Å². The minimum Gasteiger partial charge on any atom is -0.290 e. The molecule has 1 aliphatic rings. The minimum atomic E-state index is -0.0365. The number of fused-ring (bicyclic) bond motifs is 3. The first-order valence-corrected chi connectivity index (χ1v) is 9.43. The summed E-state index contributed by atoms with van der Waals surface area (Å²) in [6.45, 7) is 0. The lowest BCUT2D eigenvalue weighted by atomic mass is 9.97. The average molecular weight is 381 g/mol. The van der Waals surface area contributed by atoms with Gasteiger partial charge < -0.3 is 0 Å². The molecule has 0 amide bonds. The Kier molecular flexibility index (Phi) is 4.28. The van der Waals surface area contributed by atoms with Crippen molar-refractivity contribution in [2.45, 2.75) is 36.6 Å². The molecule has 0 bridgehead atoms. The maximum Gasteiger partial charge on any atom is 0.255 e. The van der Waals surface area contributed by atoms with Gasteiger partial charge >= 0.3 is 0 Å². The van der Waals surface area contributed by atoms with E-state index in [1.165, 1.54) is 0 Å². The van der Waals surface area contributed by atoms with Gasteiger partial charge in [-0.3, -0.25) is 14.2 Å². The SMILES string of the molecule is O=c1[nH]c2nnc(SCc3ccc(Cl)c(Cl)c3)n2c2c1CCCC2. The Labute approximate surface area is 152 Å². The Hall–Kier alpha value is -1.50. The molecule has 1 aromatic carbocycles. The van der Waals surface area contributed by atoms with E-state index < -0.39 is 0 Å². The molecule has 124 valence electrons. The molecule has 0 unspecified atom stereocenters. The van der Waals surface area contributed by atoms with Crippen LogP contribution in [0.5, 0.6) is 0 Å². The first kappa shape index (κ1) is 16.0. The molecular formula is C16H14Cl2N4OS. The smallest absolute Gasteiger partial charge is 0.255 e. The fraction of sp³-hybridized carbons (Fsp3) is 0.312.